The molecule has 1 unspecified atom stereocenters. The Morgan fingerprint density at radius 1 is 1.41 bits per heavy atom. The predicted molar refractivity (Wildman–Crippen MR) is 75.4 cm³/mol. The van der Waals surface area contributed by atoms with E-state index in [2.05, 4.69) is 10.3 Å². The molecule has 0 saturated carbocycles. The number of hydrogen-bond donors (Lipinski definition) is 2. The van der Waals surface area contributed by atoms with Gasteiger partial charge in [0.15, 0.2) is 0 Å². The van der Waals surface area contributed by atoms with Crippen LogP contribution >= 0.6 is 0 Å². The number of halogens is 4. The van der Waals surface area contributed by atoms with Gasteiger partial charge in [-0.2, -0.15) is 13.2 Å². The Balaban J connectivity index is 2.18. The molecule has 1 aromatic rings. The van der Waals surface area contributed by atoms with Gasteiger partial charge in [-0.05, 0) is 25.1 Å². The standard InChI is InChI=1S/C14H17F4N3O/c1-13(8-22-7-12(19)21-13)10-6-9(2-3-11(10)15)20-5-4-14(16,17)18/h2-3,6,20H,4-5,7-8H2,1H3,(H2,19,21). The van der Waals surface area contributed by atoms with E-state index in [1.165, 1.54) is 18.2 Å². The number of anilines is 1. The van der Waals surface area contributed by atoms with E-state index in [4.69, 9.17) is 10.5 Å². The van der Waals surface area contributed by atoms with Crippen molar-refractivity contribution in [3.63, 3.8) is 0 Å². The van der Waals surface area contributed by atoms with Crippen LogP contribution in [0.3, 0.4) is 0 Å². The first kappa shape index (κ1) is 16.5. The van der Waals surface area contributed by atoms with E-state index in [-0.39, 0.29) is 31.2 Å². The zero-order valence-corrected chi connectivity index (χ0v) is 12.0. The number of aliphatic imine (C=N–C) groups is 1. The van der Waals surface area contributed by atoms with E-state index < -0.39 is 24.0 Å². The Morgan fingerprint density at radius 2 is 2.14 bits per heavy atom. The molecule has 0 aromatic heterocycles. The van der Waals surface area contributed by atoms with Crippen molar-refractivity contribution < 1.29 is 22.3 Å². The van der Waals surface area contributed by atoms with Gasteiger partial charge >= 0.3 is 6.18 Å². The van der Waals surface area contributed by atoms with Crippen molar-refractivity contribution in [1.82, 2.24) is 0 Å². The molecule has 1 aromatic carbocycles. The largest absolute Gasteiger partial charge is 0.390 e. The SMILES string of the molecule is CC1(c2cc(NCCC(F)(F)F)ccc2F)COCC(N)=N1. The monoisotopic (exact) mass is 319 g/mol. The van der Waals surface area contributed by atoms with E-state index in [0.717, 1.165) is 0 Å². The van der Waals surface area contributed by atoms with Gasteiger partial charge in [-0.15, -0.1) is 0 Å². The molecule has 0 bridgehead atoms. The lowest BCUT2D eigenvalue weighted by Crippen LogP contribution is -2.38. The molecule has 4 nitrogen and oxygen atoms in total. The van der Waals surface area contributed by atoms with Crippen LogP contribution in [-0.2, 0) is 10.3 Å². The van der Waals surface area contributed by atoms with E-state index in [1.54, 1.807) is 6.92 Å². The second kappa shape index (κ2) is 6.12. The van der Waals surface area contributed by atoms with Crippen molar-refractivity contribution >= 4 is 11.5 Å². The van der Waals surface area contributed by atoms with Crippen molar-refractivity contribution in [2.24, 2.45) is 10.7 Å². The van der Waals surface area contributed by atoms with E-state index in [1.807, 2.05) is 0 Å². The van der Waals surface area contributed by atoms with Crippen LogP contribution < -0.4 is 11.1 Å². The highest BCUT2D eigenvalue weighted by molar-refractivity contribution is 5.82. The Labute approximate surface area is 125 Å². The minimum atomic E-state index is -4.24. The zero-order valence-electron chi connectivity index (χ0n) is 12.0. The highest BCUT2D eigenvalue weighted by atomic mass is 19.4. The van der Waals surface area contributed by atoms with Crippen LogP contribution in [-0.4, -0.2) is 31.8 Å². The molecule has 8 heteroatoms. The maximum Gasteiger partial charge on any atom is 0.390 e. The molecule has 0 spiro atoms. The van der Waals surface area contributed by atoms with Gasteiger partial charge in [0.1, 0.15) is 23.8 Å². The summed E-state index contributed by atoms with van der Waals surface area (Å²) in [4.78, 5) is 4.23. The number of nitrogens with zero attached hydrogens (tertiary/aromatic N) is 1. The number of nitrogens with one attached hydrogen (secondary N) is 1. The smallest absolute Gasteiger partial charge is 0.386 e. The fourth-order valence-corrected chi connectivity index (χ4v) is 2.27. The average molecular weight is 319 g/mol. The number of nitrogens with two attached hydrogens (primary N) is 1. The Morgan fingerprint density at radius 3 is 2.77 bits per heavy atom. The van der Waals surface area contributed by atoms with Crippen LogP contribution in [0.15, 0.2) is 23.2 Å². The molecule has 0 radical (unpaired) electrons. The molecule has 3 N–H and O–H groups in total. The van der Waals surface area contributed by atoms with Crippen LogP contribution in [0.25, 0.3) is 0 Å². The number of hydrogen-bond acceptors (Lipinski definition) is 4. The first-order chi connectivity index (χ1) is 10.2. The number of benzene rings is 1. The molecule has 122 valence electrons. The number of rotatable bonds is 4. The second-order valence-electron chi connectivity index (χ2n) is 5.36. The normalized spacial score (nSPS) is 22.3. The average Bonchev–Trinajstić information content (AvgIpc) is 2.39. The Hall–Kier alpha value is -1.83. The van der Waals surface area contributed by atoms with Gasteiger partial charge in [0.05, 0.1) is 13.0 Å². The Kier molecular flexibility index (Phi) is 4.60. The molecular formula is C14H17F4N3O. The van der Waals surface area contributed by atoms with Crippen LogP contribution in [0.1, 0.15) is 18.9 Å². The summed E-state index contributed by atoms with van der Waals surface area (Å²) >= 11 is 0. The molecule has 0 aliphatic carbocycles. The third-order valence-corrected chi connectivity index (χ3v) is 3.31. The lowest BCUT2D eigenvalue weighted by Gasteiger charge is -2.30. The fourth-order valence-electron chi connectivity index (χ4n) is 2.27. The molecule has 1 aliphatic heterocycles. The summed E-state index contributed by atoms with van der Waals surface area (Å²) in [6.45, 7) is 1.71. The molecule has 22 heavy (non-hydrogen) atoms. The topological polar surface area (TPSA) is 59.6 Å². The van der Waals surface area contributed by atoms with E-state index in [9.17, 15) is 17.6 Å². The van der Waals surface area contributed by atoms with Gasteiger partial charge in [-0.1, -0.05) is 0 Å². The fraction of sp³-hybridized carbons (Fsp3) is 0.500. The van der Waals surface area contributed by atoms with Crippen LogP contribution in [0.5, 0.6) is 0 Å². The molecule has 0 saturated heterocycles. The molecular weight excluding hydrogens is 302 g/mol. The summed E-state index contributed by atoms with van der Waals surface area (Å²) in [7, 11) is 0. The van der Waals surface area contributed by atoms with Gasteiger partial charge in [-0.3, -0.25) is 4.99 Å². The number of alkyl halides is 3. The first-order valence-corrected chi connectivity index (χ1v) is 6.72. The Bertz CT molecular complexity index is 574. The predicted octanol–water partition coefficient (Wildman–Crippen LogP) is 2.79. The summed E-state index contributed by atoms with van der Waals surface area (Å²) in [6.07, 6.45) is -5.21. The van der Waals surface area contributed by atoms with Crippen molar-refractivity contribution in [2.45, 2.75) is 25.1 Å². The third-order valence-electron chi connectivity index (χ3n) is 3.31. The summed E-state index contributed by atoms with van der Waals surface area (Å²) in [5, 5.41) is 2.63. The summed E-state index contributed by atoms with van der Waals surface area (Å²) < 4.78 is 55.8. The van der Waals surface area contributed by atoms with Gasteiger partial charge in [0.25, 0.3) is 0 Å². The quantitative estimate of drug-likeness (QED) is 0.839. The summed E-state index contributed by atoms with van der Waals surface area (Å²) in [5.41, 5.74) is 5.25. The van der Waals surface area contributed by atoms with Crippen molar-refractivity contribution in [3.05, 3.63) is 29.6 Å². The lowest BCUT2D eigenvalue weighted by molar-refractivity contribution is -0.131. The second-order valence-corrected chi connectivity index (χ2v) is 5.36. The molecule has 0 fully saturated rings. The molecule has 1 heterocycles. The van der Waals surface area contributed by atoms with Crippen LogP contribution in [0, 0.1) is 5.82 Å². The maximum atomic E-state index is 14.1. The molecule has 1 aliphatic rings. The minimum Gasteiger partial charge on any atom is -0.386 e. The zero-order chi connectivity index (χ0) is 16.4. The third kappa shape index (κ3) is 4.09. The highest BCUT2D eigenvalue weighted by Gasteiger charge is 2.33. The van der Waals surface area contributed by atoms with E-state index >= 15 is 0 Å². The number of amidine groups is 1. The van der Waals surface area contributed by atoms with Gasteiger partial charge in [0.2, 0.25) is 0 Å². The molecule has 0 amide bonds. The van der Waals surface area contributed by atoms with E-state index in [0.29, 0.717) is 5.69 Å². The molecule has 2 rings (SSSR count). The summed E-state index contributed by atoms with van der Waals surface area (Å²) in [6, 6.07) is 4.02. The lowest BCUT2D eigenvalue weighted by atomic mass is 9.92. The highest BCUT2D eigenvalue weighted by Crippen LogP contribution is 2.32. The van der Waals surface area contributed by atoms with Gasteiger partial charge < -0.3 is 15.8 Å². The minimum absolute atomic E-state index is 0.149. The molecule has 1 atom stereocenters. The number of ether oxygens (including phenoxy) is 1. The van der Waals surface area contributed by atoms with Crippen LogP contribution in [0.2, 0.25) is 0 Å². The van der Waals surface area contributed by atoms with Crippen molar-refractivity contribution in [3.8, 4) is 0 Å². The van der Waals surface area contributed by atoms with Gasteiger partial charge in [0, 0.05) is 17.8 Å². The first-order valence-electron chi connectivity index (χ1n) is 6.72. The van der Waals surface area contributed by atoms with Crippen molar-refractivity contribution in [2.75, 3.05) is 25.1 Å². The maximum absolute atomic E-state index is 14.1. The summed E-state index contributed by atoms with van der Waals surface area (Å²) in [5.74, 6) is -0.255. The van der Waals surface area contributed by atoms with Gasteiger partial charge in [-0.25, -0.2) is 4.39 Å². The van der Waals surface area contributed by atoms with Crippen LogP contribution in [0.4, 0.5) is 23.2 Å². The van der Waals surface area contributed by atoms with Crippen molar-refractivity contribution in [1.29, 1.82) is 0 Å².